The molecule has 3 heterocycles. The fraction of sp³-hybridized carbons (Fsp3) is 0.423. The highest BCUT2D eigenvalue weighted by Gasteiger charge is 2.55. The number of ether oxygens (including phenoxy) is 1. The van der Waals surface area contributed by atoms with Gasteiger partial charge in [-0.15, -0.1) is 4.80 Å². The summed E-state index contributed by atoms with van der Waals surface area (Å²) >= 11 is 2.42. The summed E-state index contributed by atoms with van der Waals surface area (Å²) < 4.78 is 49.8. The Balaban J connectivity index is 1.48. The zero-order valence-corrected chi connectivity index (χ0v) is 23.7. The van der Waals surface area contributed by atoms with E-state index >= 15 is 0 Å². The van der Waals surface area contributed by atoms with Crippen molar-refractivity contribution in [2.45, 2.75) is 69.4 Å². The summed E-state index contributed by atoms with van der Waals surface area (Å²) in [6.07, 6.45) is 5.43. The van der Waals surface area contributed by atoms with E-state index in [-0.39, 0.29) is 34.4 Å². The van der Waals surface area contributed by atoms with Crippen LogP contribution in [0, 0.1) is 12.7 Å². The number of carbonyl (C=O) groups is 1. The number of aromatic nitrogens is 5. The number of halogens is 3. The first-order valence-corrected chi connectivity index (χ1v) is 14.5. The van der Waals surface area contributed by atoms with Gasteiger partial charge < -0.3 is 4.74 Å². The number of thiophene rings is 1. The predicted molar refractivity (Wildman–Crippen MR) is 147 cm³/mol. The first-order valence-electron chi connectivity index (χ1n) is 12.9. The Labute approximate surface area is 239 Å². The molecule has 216 valence electrons. The summed E-state index contributed by atoms with van der Waals surface area (Å²) in [4.78, 5) is 43.1. The van der Waals surface area contributed by atoms with E-state index in [9.17, 15) is 27.6 Å². The number of rotatable bonds is 10. The number of hydrogen-bond acceptors (Lipinski definition) is 8. The molecule has 0 aliphatic heterocycles. The molecule has 0 bridgehead atoms. The van der Waals surface area contributed by atoms with Gasteiger partial charge in [-0.25, -0.2) is 13.8 Å². The first kappa shape index (κ1) is 27.6. The number of fused-ring (bicyclic) bond motifs is 1. The maximum absolute atomic E-state index is 14.1. The quantitative estimate of drug-likeness (QED) is 0.273. The van der Waals surface area contributed by atoms with Crippen molar-refractivity contribution in [3.05, 3.63) is 68.4 Å². The van der Waals surface area contributed by atoms with Gasteiger partial charge in [0, 0.05) is 16.9 Å². The first-order chi connectivity index (χ1) is 19.5. The van der Waals surface area contributed by atoms with E-state index in [2.05, 4.69) is 19.7 Å². The predicted octanol–water partition coefficient (Wildman–Crippen LogP) is 3.90. The molecular formula is C26H25F3N6O4S2. The SMILES string of the molecule is Cc1c(-n2nccn2)sc2c1c(=O)n(C1(C(=O)NSC3(C)CC3)CC1)c(=O)n2CCc1cc(F)ccc1OC(F)F. The second-order valence-corrected chi connectivity index (χ2v) is 12.9. The Hall–Kier alpha value is -3.59. The van der Waals surface area contributed by atoms with Crippen LogP contribution in [-0.2, 0) is 23.3 Å². The van der Waals surface area contributed by atoms with Gasteiger partial charge in [-0.2, -0.15) is 19.0 Å². The molecule has 3 aromatic heterocycles. The van der Waals surface area contributed by atoms with Crippen molar-refractivity contribution in [1.29, 1.82) is 0 Å². The fourth-order valence-corrected chi connectivity index (χ4v) is 6.89. The number of amides is 1. The smallest absolute Gasteiger partial charge is 0.387 e. The number of nitrogens with zero attached hydrogens (tertiary/aromatic N) is 5. The molecule has 0 unspecified atom stereocenters. The van der Waals surface area contributed by atoms with Crippen LogP contribution in [0.5, 0.6) is 5.75 Å². The van der Waals surface area contributed by atoms with Crippen molar-refractivity contribution in [3.63, 3.8) is 0 Å². The average molecular weight is 607 g/mol. The van der Waals surface area contributed by atoms with E-state index < -0.39 is 35.1 Å². The molecule has 0 saturated heterocycles. The minimum atomic E-state index is -3.12. The van der Waals surface area contributed by atoms with Crippen LogP contribution in [0.25, 0.3) is 15.2 Å². The van der Waals surface area contributed by atoms with Crippen LogP contribution >= 0.6 is 23.3 Å². The van der Waals surface area contributed by atoms with Crippen LogP contribution in [0.4, 0.5) is 13.2 Å². The molecule has 6 rings (SSSR count). The number of aryl methyl sites for hydroxylation is 3. The Bertz CT molecular complexity index is 1770. The molecule has 1 aromatic carbocycles. The molecule has 0 atom stereocenters. The van der Waals surface area contributed by atoms with Crippen LogP contribution in [0.15, 0.2) is 40.2 Å². The highest BCUT2D eigenvalue weighted by Crippen LogP contribution is 2.48. The van der Waals surface area contributed by atoms with Gasteiger partial charge in [0.05, 0.1) is 17.8 Å². The summed E-state index contributed by atoms with van der Waals surface area (Å²) in [6.45, 7) is 0.516. The van der Waals surface area contributed by atoms with Crippen molar-refractivity contribution in [2.75, 3.05) is 0 Å². The maximum atomic E-state index is 14.1. The van der Waals surface area contributed by atoms with Crippen LogP contribution in [0.3, 0.4) is 0 Å². The van der Waals surface area contributed by atoms with E-state index in [0.29, 0.717) is 28.2 Å². The van der Waals surface area contributed by atoms with Gasteiger partial charge >= 0.3 is 12.3 Å². The van der Waals surface area contributed by atoms with Gasteiger partial charge in [-0.05, 0) is 81.7 Å². The van der Waals surface area contributed by atoms with E-state index in [1.165, 1.54) is 33.7 Å². The molecule has 1 N–H and O–H groups in total. The fourth-order valence-electron chi connectivity index (χ4n) is 4.82. The van der Waals surface area contributed by atoms with Gasteiger partial charge in [-0.3, -0.25) is 18.9 Å². The number of hydrogen-bond donors (Lipinski definition) is 1. The lowest BCUT2D eigenvalue weighted by Crippen LogP contribution is -2.51. The summed E-state index contributed by atoms with van der Waals surface area (Å²) in [5, 5.41) is 9.05. The molecule has 2 aliphatic rings. The summed E-state index contributed by atoms with van der Waals surface area (Å²) in [6, 6.07) is 3.18. The molecule has 15 heteroatoms. The average Bonchev–Trinajstić information content (AvgIpc) is 3.77. The maximum Gasteiger partial charge on any atom is 0.387 e. The lowest BCUT2D eigenvalue weighted by atomic mass is 10.1. The number of nitrogens with one attached hydrogen (secondary N) is 1. The molecule has 0 radical (unpaired) electrons. The lowest BCUT2D eigenvalue weighted by Gasteiger charge is -2.21. The Morgan fingerprint density at radius 1 is 1.20 bits per heavy atom. The molecule has 1 amide bonds. The summed E-state index contributed by atoms with van der Waals surface area (Å²) in [5.41, 5.74) is -2.01. The summed E-state index contributed by atoms with van der Waals surface area (Å²) in [5.74, 6) is -1.29. The monoisotopic (exact) mass is 606 g/mol. The largest absolute Gasteiger partial charge is 0.435 e. The van der Waals surface area contributed by atoms with Crippen LogP contribution in [0.1, 0.15) is 43.7 Å². The number of carbonyl (C=O) groups excluding carboxylic acids is 1. The molecule has 2 aliphatic carbocycles. The van der Waals surface area contributed by atoms with E-state index in [1.807, 2.05) is 6.92 Å². The summed E-state index contributed by atoms with van der Waals surface area (Å²) in [7, 11) is 0. The normalized spacial score (nSPS) is 16.7. The molecule has 41 heavy (non-hydrogen) atoms. The third-order valence-corrected chi connectivity index (χ3v) is 10.0. The highest BCUT2D eigenvalue weighted by atomic mass is 32.2. The van der Waals surface area contributed by atoms with Crippen molar-refractivity contribution in [1.82, 2.24) is 28.9 Å². The molecule has 4 aromatic rings. The Morgan fingerprint density at radius 2 is 1.90 bits per heavy atom. The second-order valence-electron chi connectivity index (χ2n) is 10.5. The Morgan fingerprint density at radius 3 is 2.54 bits per heavy atom. The van der Waals surface area contributed by atoms with Gasteiger partial charge in [-0.1, -0.05) is 11.3 Å². The van der Waals surface area contributed by atoms with Crippen molar-refractivity contribution in [3.8, 4) is 10.8 Å². The van der Waals surface area contributed by atoms with Crippen molar-refractivity contribution < 1.29 is 22.7 Å². The van der Waals surface area contributed by atoms with Crippen molar-refractivity contribution in [2.24, 2.45) is 0 Å². The molecular weight excluding hydrogens is 581 g/mol. The highest BCUT2D eigenvalue weighted by molar-refractivity contribution is 7.99. The van der Waals surface area contributed by atoms with Gasteiger partial charge in [0.2, 0.25) is 0 Å². The van der Waals surface area contributed by atoms with E-state index in [4.69, 9.17) is 0 Å². The number of benzene rings is 1. The third kappa shape index (κ3) is 4.94. The molecule has 2 fully saturated rings. The van der Waals surface area contributed by atoms with E-state index in [0.717, 1.165) is 46.9 Å². The topological polar surface area (TPSA) is 113 Å². The molecule has 2 saturated carbocycles. The minimum Gasteiger partial charge on any atom is -0.435 e. The van der Waals surface area contributed by atoms with E-state index in [1.54, 1.807) is 6.92 Å². The molecule has 10 nitrogen and oxygen atoms in total. The minimum absolute atomic E-state index is 0.0561. The van der Waals surface area contributed by atoms with Crippen molar-refractivity contribution >= 4 is 39.4 Å². The lowest BCUT2D eigenvalue weighted by molar-refractivity contribution is -0.123. The standard InChI is InChI=1S/C26H25F3N6O4S2/c1-14-18-19(36)34(26(8-9-26)22(37)32-41-25(2)6-7-25)24(38)33(21(18)40-20(14)35-30-10-11-31-35)12-5-15-13-16(27)3-4-17(15)39-23(28)29/h3-4,10-11,13,23H,5-9,12H2,1-2H3,(H,32,37). The van der Waals surface area contributed by atoms with Crippen LogP contribution in [-0.4, -0.2) is 41.4 Å². The number of alkyl halides is 2. The third-order valence-electron chi connectivity index (χ3n) is 7.55. The van der Waals surface area contributed by atoms with Crippen LogP contribution in [0.2, 0.25) is 0 Å². The van der Waals surface area contributed by atoms with Gasteiger partial charge in [0.1, 0.15) is 26.9 Å². The molecule has 0 spiro atoms. The van der Waals surface area contributed by atoms with Gasteiger partial charge in [0.15, 0.2) is 0 Å². The van der Waals surface area contributed by atoms with Crippen LogP contribution < -0.4 is 20.7 Å². The second kappa shape index (κ2) is 10.0. The Kier molecular flexibility index (Phi) is 6.76. The van der Waals surface area contributed by atoms with Gasteiger partial charge in [0.25, 0.3) is 11.5 Å². The zero-order chi connectivity index (χ0) is 29.1. The zero-order valence-electron chi connectivity index (χ0n) is 22.0.